The molecule has 1 aliphatic carbocycles. The van der Waals surface area contributed by atoms with Crippen LogP contribution in [0.1, 0.15) is 50.0 Å². The first-order chi connectivity index (χ1) is 8.65. The zero-order valence-corrected chi connectivity index (χ0v) is 10.9. The number of hydrogen-bond acceptors (Lipinski definition) is 4. The molecule has 1 amide bonds. The van der Waals surface area contributed by atoms with E-state index in [4.69, 9.17) is 0 Å². The van der Waals surface area contributed by atoms with Crippen LogP contribution in [0.3, 0.4) is 0 Å². The number of aromatic nitrogens is 2. The Morgan fingerprint density at radius 3 is 2.72 bits per heavy atom. The van der Waals surface area contributed by atoms with Crippen LogP contribution in [0.4, 0.5) is 5.82 Å². The lowest BCUT2D eigenvalue weighted by Gasteiger charge is -2.13. The van der Waals surface area contributed by atoms with Crippen LogP contribution in [0.2, 0.25) is 0 Å². The van der Waals surface area contributed by atoms with Gasteiger partial charge in [0, 0.05) is 18.2 Å². The standard InChI is InChI=1S/C13H20N4O/c1-9(2)16-13(18)11-7-12(15-8-14-11)17-10-5-3-4-6-10/h7-10H,3-6H2,1-2H3,(H,16,18)(H,14,15,17). The number of nitrogens with one attached hydrogen (secondary N) is 2. The summed E-state index contributed by atoms with van der Waals surface area (Å²) >= 11 is 0. The van der Waals surface area contributed by atoms with Crippen molar-refractivity contribution in [2.75, 3.05) is 5.32 Å². The first-order valence-electron chi connectivity index (χ1n) is 6.54. The summed E-state index contributed by atoms with van der Waals surface area (Å²) < 4.78 is 0. The highest BCUT2D eigenvalue weighted by molar-refractivity contribution is 5.92. The fraction of sp³-hybridized carbons (Fsp3) is 0.615. The number of carbonyl (C=O) groups excluding carboxylic acids is 1. The number of amides is 1. The summed E-state index contributed by atoms with van der Waals surface area (Å²) in [5.74, 6) is 0.590. The van der Waals surface area contributed by atoms with Crippen LogP contribution >= 0.6 is 0 Å². The predicted octanol–water partition coefficient (Wildman–Crippen LogP) is 1.97. The number of nitrogens with zero attached hydrogens (tertiary/aromatic N) is 2. The normalized spacial score (nSPS) is 15.9. The number of anilines is 1. The van der Waals surface area contributed by atoms with Gasteiger partial charge in [0.25, 0.3) is 5.91 Å². The molecule has 98 valence electrons. The van der Waals surface area contributed by atoms with E-state index in [9.17, 15) is 4.79 Å². The lowest BCUT2D eigenvalue weighted by atomic mass is 10.2. The maximum absolute atomic E-state index is 11.8. The van der Waals surface area contributed by atoms with E-state index in [1.165, 1.54) is 32.0 Å². The van der Waals surface area contributed by atoms with Crippen LogP contribution < -0.4 is 10.6 Å². The molecule has 0 radical (unpaired) electrons. The van der Waals surface area contributed by atoms with E-state index >= 15 is 0 Å². The molecule has 18 heavy (non-hydrogen) atoms. The number of carbonyl (C=O) groups is 1. The van der Waals surface area contributed by atoms with E-state index in [0.29, 0.717) is 11.7 Å². The second-order valence-corrected chi connectivity index (χ2v) is 5.04. The zero-order chi connectivity index (χ0) is 13.0. The molecule has 0 aromatic carbocycles. The van der Waals surface area contributed by atoms with Crippen molar-refractivity contribution < 1.29 is 4.79 Å². The molecule has 5 nitrogen and oxygen atoms in total. The number of hydrogen-bond donors (Lipinski definition) is 2. The SMILES string of the molecule is CC(C)NC(=O)c1cc(NC2CCCC2)ncn1. The molecule has 0 spiro atoms. The summed E-state index contributed by atoms with van der Waals surface area (Å²) in [6.07, 6.45) is 6.33. The average Bonchev–Trinajstić information content (AvgIpc) is 2.81. The zero-order valence-electron chi connectivity index (χ0n) is 10.9. The highest BCUT2D eigenvalue weighted by Crippen LogP contribution is 2.21. The molecule has 0 bridgehead atoms. The molecule has 0 atom stereocenters. The van der Waals surface area contributed by atoms with Crippen molar-refractivity contribution in [3.63, 3.8) is 0 Å². The third-order valence-corrected chi connectivity index (χ3v) is 3.03. The highest BCUT2D eigenvalue weighted by atomic mass is 16.1. The van der Waals surface area contributed by atoms with E-state index < -0.39 is 0 Å². The van der Waals surface area contributed by atoms with Gasteiger partial charge in [0.1, 0.15) is 17.8 Å². The molecular formula is C13H20N4O. The molecule has 0 unspecified atom stereocenters. The number of rotatable bonds is 4. The molecule has 0 saturated heterocycles. The molecule has 1 aromatic rings. The lowest BCUT2D eigenvalue weighted by Crippen LogP contribution is -2.31. The van der Waals surface area contributed by atoms with Gasteiger partial charge in [0.15, 0.2) is 0 Å². The summed E-state index contributed by atoms with van der Waals surface area (Å²) in [6, 6.07) is 2.32. The summed E-state index contributed by atoms with van der Waals surface area (Å²) in [4.78, 5) is 20.0. The Kier molecular flexibility index (Phi) is 4.12. The monoisotopic (exact) mass is 248 g/mol. The Hall–Kier alpha value is -1.65. The Labute approximate surface area is 107 Å². The van der Waals surface area contributed by atoms with E-state index in [0.717, 1.165) is 5.82 Å². The van der Waals surface area contributed by atoms with E-state index in [1.807, 2.05) is 13.8 Å². The Morgan fingerprint density at radius 1 is 1.33 bits per heavy atom. The van der Waals surface area contributed by atoms with E-state index in [1.54, 1.807) is 6.07 Å². The minimum absolute atomic E-state index is 0.110. The average molecular weight is 248 g/mol. The fourth-order valence-corrected chi connectivity index (χ4v) is 2.18. The van der Waals surface area contributed by atoms with Crippen LogP contribution in [0.25, 0.3) is 0 Å². The van der Waals surface area contributed by atoms with Crippen LogP contribution in [-0.2, 0) is 0 Å². The van der Waals surface area contributed by atoms with Crippen LogP contribution in [0.5, 0.6) is 0 Å². The van der Waals surface area contributed by atoms with E-state index in [2.05, 4.69) is 20.6 Å². The van der Waals surface area contributed by atoms with Crippen LogP contribution in [0.15, 0.2) is 12.4 Å². The first kappa shape index (κ1) is 12.8. The van der Waals surface area contributed by atoms with Crippen LogP contribution in [-0.4, -0.2) is 28.0 Å². The summed E-state index contributed by atoms with van der Waals surface area (Å²) in [5, 5.41) is 6.18. The van der Waals surface area contributed by atoms with Crippen molar-refractivity contribution >= 4 is 11.7 Å². The van der Waals surface area contributed by atoms with Gasteiger partial charge in [-0.3, -0.25) is 4.79 Å². The molecule has 5 heteroatoms. The Balaban J connectivity index is 2.02. The molecule has 2 rings (SSSR count). The smallest absolute Gasteiger partial charge is 0.270 e. The van der Waals surface area contributed by atoms with Crippen molar-refractivity contribution in [3.8, 4) is 0 Å². The third kappa shape index (κ3) is 3.42. The van der Waals surface area contributed by atoms with Gasteiger partial charge < -0.3 is 10.6 Å². The van der Waals surface area contributed by atoms with Crippen LogP contribution in [0, 0.1) is 0 Å². The molecule has 1 heterocycles. The van der Waals surface area contributed by atoms with Crippen molar-refractivity contribution in [1.29, 1.82) is 0 Å². The molecule has 0 aliphatic heterocycles. The van der Waals surface area contributed by atoms with Gasteiger partial charge in [0.05, 0.1) is 0 Å². The largest absolute Gasteiger partial charge is 0.367 e. The topological polar surface area (TPSA) is 66.9 Å². The minimum Gasteiger partial charge on any atom is -0.367 e. The maximum atomic E-state index is 11.8. The Morgan fingerprint density at radius 2 is 2.06 bits per heavy atom. The maximum Gasteiger partial charge on any atom is 0.270 e. The van der Waals surface area contributed by atoms with Gasteiger partial charge in [-0.1, -0.05) is 12.8 Å². The summed E-state index contributed by atoms with van der Waals surface area (Å²) in [5.41, 5.74) is 0.416. The lowest BCUT2D eigenvalue weighted by molar-refractivity contribution is 0.0938. The summed E-state index contributed by atoms with van der Waals surface area (Å²) in [7, 11) is 0. The molecule has 1 saturated carbocycles. The highest BCUT2D eigenvalue weighted by Gasteiger charge is 2.16. The Bertz CT molecular complexity index is 413. The van der Waals surface area contributed by atoms with Crippen molar-refractivity contribution in [2.24, 2.45) is 0 Å². The molecule has 1 aromatic heterocycles. The molecule has 1 fully saturated rings. The third-order valence-electron chi connectivity index (χ3n) is 3.03. The van der Waals surface area contributed by atoms with E-state index in [-0.39, 0.29) is 11.9 Å². The van der Waals surface area contributed by atoms with Gasteiger partial charge >= 0.3 is 0 Å². The van der Waals surface area contributed by atoms with Crippen molar-refractivity contribution in [2.45, 2.75) is 51.6 Å². The van der Waals surface area contributed by atoms with Gasteiger partial charge in [-0.15, -0.1) is 0 Å². The fourth-order valence-electron chi connectivity index (χ4n) is 2.18. The molecule has 1 aliphatic rings. The predicted molar refractivity (Wildman–Crippen MR) is 70.5 cm³/mol. The van der Waals surface area contributed by atoms with Crippen molar-refractivity contribution in [3.05, 3.63) is 18.1 Å². The van der Waals surface area contributed by atoms with Gasteiger partial charge in [-0.2, -0.15) is 0 Å². The second-order valence-electron chi connectivity index (χ2n) is 5.04. The van der Waals surface area contributed by atoms with Gasteiger partial charge in [0.2, 0.25) is 0 Å². The van der Waals surface area contributed by atoms with Gasteiger partial charge in [-0.05, 0) is 26.7 Å². The first-order valence-corrected chi connectivity index (χ1v) is 6.54. The molecular weight excluding hydrogens is 228 g/mol. The molecule has 2 N–H and O–H groups in total. The van der Waals surface area contributed by atoms with Crippen molar-refractivity contribution in [1.82, 2.24) is 15.3 Å². The minimum atomic E-state index is -0.151. The van der Waals surface area contributed by atoms with Gasteiger partial charge in [-0.25, -0.2) is 9.97 Å². The summed E-state index contributed by atoms with van der Waals surface area (Å²) in [6.45, 7) is 3.85. The quantitative estimate of drug-likeness (QED) is 0.855. The second kappa shape index (κ2) is 5.80.